The second-order valence-electron chi connectivity index (χ2n) is 7.02. The number of para-hydroxylation sites is 2. The van der Waals surface area contributed by atoms with Crippen LogP contribution in [-0.2, 0) is 25.9 Å². The fourth-order valence-electron chi connectivity index (χ4n) is 4.11. The average molecular weight is 409 g/mol. The Hall–Kier alpha value is -1.78. The van der Waals surface area contributed by atoms with Crippen LogP contribution in [0.5, 0.6) is 0 Å². The number of hydrogen-bond acceptors (Lipinski definition) is 2. The first-order valence-corrected chi connectivity index (χ1v) is 12.7. The van der Waals surface area contributed by atoms with Crippen LogP contribution in [0.1, 0.15) is 25.2 Å². The van der Waals surface area contributed by atoms with Gasteiger partial charge in [0.05, 0.1) is 0 Å². The van der Waals surface area contributed by atoms with E-state index >= 15 is 0 Å². The molecule has 0 atom stereocenters. The predicted octanol–water partition coefficient (Wildman–Crippen LogP) is 6.80. The van der Waals surface area contributed by atoms with Gasteiger partial charge in [0.25, 0.3) is 0 Å². The van der Waals surface area contributed by atoms with E-state index in [1.54, 1.807) is 0 Å². The van der Waals surface area contributed by atoms with Gasteiger partial charge in [-0.1, -0.05) is 58.0 Å². The Morgan fingerprint density at radius 2 is 1.07 bits per heavy atom. The molecule has 0 saturated heterocycles. The second kappa shape index (κ2) is 9.15. The SMILES string of the molecule is CCn1c(CCSSCCc2cc3ccccc3n2CC)cc2ccccc21. The zero-order chi connectivity index (χ0) is 19.3. The predicted molar refractivity (Wildman–Crippen MR) is 128 cm³/mol. The third kappa shape index (κ3) is 3.99. The van der Waals surface area contributed by atoms with Crippen molar-refractivity contribution in [2.75, 3.05) is 11.5 Å². The maximum atomic E-state index is 2.46. The van der Waals surface area contributed by atoms with Gasteiger partial charge in [-0.25, -0.2) is 0 Å². The molecule has 2 aromatic carbocycles. The molecule has 0 aliphatic rings. The van der Waals surface area contributed by atoms with Gasteiger partial charge in [-0.15, -0.1) is 0 Å². The smallest absolute Gasteiger partial charge is 0.0482 e. The average Bonchev–Trinajstić information content (AvgIpc) is 3.27. The second-order valence-corrected chi connectivity index (χ2v) is 9.72. The first kappa shape index (κ1) is 19.5. The van der Waals surface area contributed by atoms with E-state index in [-0.39, 0.29) is 0 Å². The lowest BCUT2D eigenvalue weighted by molar-refractivity contribution is 0.747. The Morgan fingerprint density at radius 3 is 1.50 bits per heavy atom. The summed E-state index contributed by atoms with van der Waals surface area (Å²) in [6.07, 6.45) is 2.27. The molecule has 4 aromatic rings. The molecule has 0 amide bonds. The van der Waals surface area contributed by atoms with E-state index in [2.05, 4.69) is 83.6 Å². The lowest BCUT2D eigenvalue weighted by atomic mass is 10.2. The molecule has 2 nitrogen and oxygen atoms in total. The van der Waals surface area contributed by atoms with Crippen LogP contribution in [0.15, 0.2) is 60.7 Å². The van der Waals surface area contributed by atoms with E-state index in [4.69, 9.17) is 0 Å². The molecule has 28 heavy (non-hydrogen) atoms. The van der Waals surface area contributed by atoms with Crippen LogP contribution < -0.4 is 0 Å². The molecule has 0 radical (unpaired) electrons. The molecular formula is C24H28N2S2. The molecule has 0 bridgehead atoms. The van der Waals surface area contributed by atoms with Gasteiger partial charge in [0, 0.05) is 47.0 Å². The summed E-state index contributed by atoms with van der Waals surface area (Å²) >= 11 is 0. The molecule has 0 N–H and O–H groups in total. The molecule has 0 aliphatic heterocycles. The van der Waals surface area contributed by atoms with Crippen molar-refractivity contribution < 1.29 is 0 Å². The highest BCUT2D eigenvalue weighted by Gasteiger charge is 2.08. The normalized spacial score (nSPS) is 11.6. The lowest BCUT2D eigenvalue weighted by Crippen LogP contribution is -2.02. The summed E-state index contributed by atoms with van der Waals surface area (Å²) in [7, 11) is 4.02. The summed E-state index contributed by atoms with van der Waals surface area (Å²) in [6, 6.07) is 22.2. The van der Waals surface area contributed by atoms with Gasteiger partial charge in [0.2, 0.25) is 0 Å². The zero-order valence-corrected chi connectivity index (χ0v) is 18.4. The van der Waals surface area contributed by atoms with Gasteiger partial charge in [-0.3, -0.25) is 0 Å². The first-order chi connectivity index (χ1) is 13.8. The lowest BCUT2D eigenvalue weighted by Gasteiger charge is -2.09. The fraction of sp³-hybridized carbons (Fsp3) is 0.333. The number of benzene rings is 2. The fourth-order valence-corrected chi connectivity index (χ4v) is 6.13. The van der Waals surface area contributed by atoms with Gasteiger partial charge < -0.3 is 9.13 Å². The number of aryl methyl sites for hydroxylation is 4. The summed E-state index contributed by atoms with van der Waals surface area (Å²) < 4.78 is 4.92. The van der Waals surface area contributed by atoms with Crippen molar-refractivity contribution in [3.63, 3.8) is 0 Å². The molecular weight excluding hydrogens is 380 g/mol. The summed E-state index contributed by atoms with van der Waals surface area (Å²) in [4.78, 5) is 0. The van der Waals surface area contributed by atoms with Crippen molar-refractivity contribution in [3.05, 3.63) is 72.1 Å². The Morgan fingerprint density at radius 1 is 0.643 bits per heavy atom. The minimum Gasteiger partial charge on any atom is -0.345 e. The number of rotatable bonds is 9. The zero-order valence-electron chi connectivity index (χ0n) is 16.7. The van der Waals surface area contributed by atoms with Gasteiger partial charge in [0.15, 0.2) is 0 Å². The van der Waals surface area contributed by atoms with E-state index in [0.29, 0.717) is 0 Å². The van der Waals surface area contributed by atoms with Crippen molar-refractivity contribution in [2.24, 2.45) is 0 Å². The standard InChI is InChI=1S/C24H28N2S2/c1-3-25-21(17-19-9-5-7-11-23(19)25)13-15-27-28-16-14-22-18-20-10-6-8-12-24(20)26(22)4-2/h5-12,17-18H,3-4,13-16H2,1-2H3. The van der Waals surface area contributed by atoms with Gasteiger partial charge >= 0.3 is 0 Å². The summed E-state index contributed by atoms with van der Waals surface area (Å²) in [5, 5.41) is 2.73. The summed E-state index contributed by atoms with van der Waals surface area (Å²) in [5.74, 6) is 2.33. The molecule has 0 unspecified atom stereocenters. The van der Waals surface area contributed by atoms with Crippen LogP contribution in [0, 0.1) is 0 Å². The van der Waals surface area contributed by atoms with Gasteiger partial charge in [-0.2, -0.15) is 0 Å². The van der Waals surface area contributed by atoms with Crippen LogP contribution in [0.2, 0.25) is 0 Å². The van der Waals surface area contributed by atoms with E-state index in [1.807, 2.05) is 21.6 Å². The number of aromatic nitrogens is 2. The van der Waals surface area contributed by atoms with Crippen LogP contribution in [0.3, 0.4) is 0 Å². The van der Waals surface area contributed by atoms with E-state index in [0.717, 1.165) is 37.4 Å². The monoisotopic (exact) mass is 408 g/mol. The molecule has 0 spiro atoms. The van der Waals surface area contributed by atoms with Crippen molar-refractivity contribution in [3.8, 4) is 0 Å². The molecule has 0 fully saturated rings. The Bertz CT molecular complexity index is 975. The van der Waals surface area contributed by atoms with Crippen LogP contribution >= 0.6 is 21.6 Å². The van der Waals surface area contributed by atoms with Crippen LogP contribution in [0.25, 0.3) is 21.8 Å². The van der Waals surface area contributed by atoms with E-state index in [9.17, 15) is 0 Å². The quantitative estimate of drug-likeness (QED) is 0.222. The summed E-state index contributed by atoms with van der Waals surface area (Å²) in [6.45, 7) is 6.57. The highest BCUT2D eigenvalue weighted by atomic mass is 33.1. The van der Waals surface area contributed by atoms with Crippen molar-refractivity contribution in [1.82, 2.24) is 9.13 Å². The molecule has 4 rings (SSSR count). The molecule has 0 aliphatic carbocycles. The van der Waals surface area contributed by atoms with Crippen molar-refractivity contribution >= 4 is 43.4 Å². The molecule has 2 heterocycles. The highest BCUT2D eigenvalue weighted by Crippen LogP contribution is 2.27. The third-order valence-electron chi connectivity index (χ3n) is 5.39. The van der Waals surface area contributed by atoms with Crippen molar-refractivity contribution in [1.29, 1.82) is 0 Å². The van der Waals surface area contributed by atoms with E-state index < -0.39 is 0 Å². The number of fused-ring (bicyclic) bond motifs is 2. The van der Waals surface area contributed by atoms with E-state index in [1.165, 1.54) is 33.2 Å². The number of nitrogens with zero attached hydrogens (tertiary/aromatic N) is 2. The Kier molecular flexibility index (Phi) is 6.38. The number of hydrogen-bond donors (Lipinski definition) is 0. The van der Waals surface area contributed by atoms with Crippen molar-refractivity contribution in [2.45, 2.75) is 39.8 Å². The Labute approximate surface area is 175 Å². The van der Waals surface area contributed by atoms with Crippen LogP contribution in [-0.4, -0.2) is 20.6 Å². The first-order valence-electron chi connectivity index (χ1n) is 10.2. The largest absolute Gasteiger partial charge is 0.345 e. The summed E-state index contributed by atoms with van der Waals surface area (Å²) in [5.41, 5.74) is 5.65. The molecule has 2 aromatic heterocycles. The minimum atomic E-state index is 1.04. The topological polar surface area (TPSA) is 9.86 Å². The Balaban J connectivity index is 1.29. The highest BCUT2D eigenvalue weighted by molar-refractivity contribution is 8.76. The molecule has 0 saturated carbocycles. The van der Waals surface area contributed by atoms with Gasteiger partial charge in [-0.05, 0) is 61.7 Å². The minimum absolute atomic E-state index is 1.04. The maximum absolute atomic E-state index is 2.46. The van der Waals surface area contributed by atoms with Crippen LogP contribution in [0.4, 0.5) is 0 Å². The molecule has 4 heteroatoms. The molecule has 146 valence electrons. The van der Waals surface area contributed by atoms with Gasteiger partial charge in [0.1, 0.15) is 0 Å². The third-order valence-corrected chi connectivity index (χ3v) is 7.80. The maximum Gasteiger partial charge on any atom is 0.0482 e.